The molecule has 21 heavy (non-hydrogen) atoms. The molecular weight excluding hydrogens is 252 g/mol. The van der Waals surface area contributed by atoms with E-state index in [0.717, 1.165) is 0 Å². The Balaban J connectivity index is 2.30. The maximum atomic E-state index is 2.28. The Morgan fingerprint density at radius 3 is 0.952 bits per heavy atom. The molecule has 0 fully saturated rings. The van der Waals surface area contributed by atoms with Gasteiger partial charge in [0.25, 0.3) is 0 Å². The summed E-state index contributed by atoms with van der Waals surface area (Å²) in [5.41, 5.74) is 0. The summed E-state index contributed by atoms with van der Waals surface area (Å²) >= 11 is 0. The molecule has 0 aromatic rings. The van der Waals surface area contributed by atoms with Gasteiger partial charge in [0.2, 0.25) is 0 Å². The minimum absolute atomic E-state index is 1.22. The second-order valence-electron chi connectivity index (χ2n) is 5.77. The Hall–Kier alpha value is -1.30. The van der Waals surface area contributed by atoms with Crippen molar-refractivity contribution in [3.8, 4) is 0 Å². The van der Waals surface area contributed by atoms with Crippen LogP contribution >= 0.6 is 0 Å². The lowest BCUT2D eigenvalue weighted by Crippen LogP contribution is -1.81. The Kier molecular flexibility index (Phi) is 12.8. The number of hydrogen-bond acceptors (Lipinski definition) is 0. The summed E-state index contributed by atoms with van der Waals surface area (Å²) < 4.78 is 0. The molecule has 0 saturated carbocycles. The van der Waals surface area contributed by atoms with E-state index < -0.39 is 0 Å². The fourth-order valence-corrected chi connectivity index (χ4v) is 2.50. The normalized spacial score (nSPS) is 20.2. The van der Waals surface area contributed by atoms with Crippen LogP contribution < -0.4 is 0 Å². The molecule has 1 aliphatic carbocycles. The lowest BCUT2D eigenvalue weighted by Gasteiger charge is -2.01. The summed E-state index contributed by atoms with van der Waals surface area (Å²) in [6.07, 6.45) is 36.5. The first-order valence-electron chi connectivity index (χ1n) is 8.82. The summed E-state index contributed by atoms with van der Waals surface area (Å²) in [4.78, 5) is 0. The Labute approximate surface area is 132 Å². The van der Waals surface area contributed by atoms with Crippen LogP contribution in [0, 0.1) is 0 Å². The van der Waals surface area contributed by atoms with Gasteiger partial charge < -0.3 is 0 Å². The first-order valence-corrected chi connectivity index (χ1v) is 8.82. The quantitative estimate of drug-likeness (QED) is 0.446. The van der Waals surface area contributed by atoms with E-state index in [4.69, 9.17) is 0 Å². The van der Waals surface area contributed by atoms with Gasteiger partial charge in [-0.2, -0.15) is 0 Å². The summed E-state index contributed by atoms with van der Waals surface area (Å²) in [7, 11) is 0. The Bertz CT molecular complexity index is 318. The largest absolute Gasteiger partial charge is 0.0845 e. The maximum absolute atomic E-state index is 2.28. The van der Waals surface area contributed by atoms with Crippen molar-refractivity contribution in [2.24, 2.45) is 0 Å². The van der Waals surface area contributed by atoms with Crippen molar-refractivity contribution in [1.29, 1.82) is 0 Å². The maximum Gasteiger partial charge on any atom is -0.0348 e. The minimum atomic E-state index is 1.22. The van der Waals surface area contributed by atoms with Crippen molar-refractivity contribution >= 4 is 0 Å². The zero-order chi connectivity index (χ0) is 14.8. The second kappa shape index (κ2) is 15.1. The molecule has 116 valence electrons. The van der Waals surface area contributed by atoms with Crippen molar-refractivity contribution in [3.63, 3.8) is 0 Å². The van der Waals surface area contributed by atoms with Gasteiger partial charge in [0.1, 0.15) is 0 Å². The van der Waals surface area contributed by atoms with E-state index in [2.05, 4.69) is 60.8 Å². The van der Waals surface area contributed by atoms with Crippen molar-refractivity contribution in [2.45, 2.75) is 70.6 Å². The summed E-state index contributed by atoms with van der Waals surface area (Å²) in [6, 6.07) is 0. The molecule has 0 amide bonds. The van der Waals surface area contributed by atoms with E-state index in [1.165, 1.54) is 70.6 Å². The molecule has 1 aliphatic rings. The molecule has 0 atom stereocenters. The van der Waals surface area contributed by atoms with Gasteiger partial charge in [-0.1, -0.05) is 106 Å². The monoisotopic (exact) mass is 284 g/mol. The first-order chi connectivity index (χ1) is 10.5. The summed E-state index contributed by atoms with van der Waals surface area (Å²) in [5, 5.41) is 0. The lowest BCUT2D eigenvalue weighted by atomic mass is 10.1. The van der Waals surface area contributed by atoms with Gasteiger partial charge in [-0.25, -0.2) is 0 Å². The van der Waals surface area contributed by atoms with Gasteiger partial charge in [-0.15, -0.1) is 0 Å². The third-order valence-electron chi connectivity index (χ3n) is 3.79. The highest BCUT2D eigenvalue weighted by atomic mass is 14.0. The van der Waals surface area contributed by atoms with E-state index >= 15 is 0 Å². The molecule has 0 nitrogen and oxygen atoms in total. The smallest absolute Gasteiger partial charge is 0.0348 e. The second-order valence-corrected chi connectivity index (χ2v) is 5.77. The van der Waals surface area contributed by atoms with Gasteiger partial charge in [0, 0.05) is 0 Å². The molecule has 0 bridgehead atoms. The number of allylic oxidation sites excluding steroid dienone is 10. The standard InChI is InChI=1S/C21H32/c1-2-4-6-8-10-12-14-16-18-20-21-19-17-15-13-11-9-7-5-3-1/h1-10H,11-21H2. The van der Waals surface area contributed by atoms with Crippen molar-refractivity contribution in [2.75, 3.05) is 0 Å². The summed E-state index contributed by atoms with van der Waals surface area (Å²) in [6.45, 7) is 0. The predicted octanol–water partition coefficient (Wildman–Crippen LogP) is 7.07. The fourth-order valence-electron chi connectivity index (χ4n) is 2.50. The molecule has 0 radical (unpaired) electrons. The minimum Gasteiger partial charge on any atom is -0.0845 e. The van der Waals surface area contributed by atoms with Gasteiger partial charge in [0.15, 0.2) is 0 Å². The van der Waals surface area contributed by atoms with Crippen LogP contribution in [0.5, 0.6) is 0 Å². The number of hydrogen-bond donors (Lipinski definition) is 0. The third kappa shape index (κ3) is 13.4. The third-order valence-corrected chi connectivity index (χ3v) is 3.79. The highest BCUT2D eigenvalue weighted by Crippen LogP contribution is 2.11. The molecule has 0 N–H and O–H groups in total. The van der Waals surface area contributed by atoms with Crippen LogP contribution in [0.25, 0.3) is 0 Å². The lowest BCUT2D eigenvalue weighted by molar-refractivity contribution is 0.561. The van der Waals surface area contributed by atoms with Gasteiger partial charge in [-0.05, 0) is 25.7 Å². The molecule has 0 unspecified atom stereocenters. The molecular formula is C21H32. The molecule has 0 aliphatic heterocycles. The predicted molar refractivity (Wildman–Crippen MR) is 96.5 cm³/mol. The topological polar surface area (TPSA) is 0 Å². The fraction of sp³-hybridized carbons (Fsp3) is 0.524. The molecule has 0 heterocycles. The molecule has 0 spiro atoms. The van der Waals surface area contributed by atoms with Crippen LogP contribution in [0.1, 0.15) is 70.6 Å². The SMILES string of the molecule is C1=CC=CC=CCCCCCCCCCCCC=CC=C1. The average molecular weight is 284 g/mol. The Morgan fingerprint density at radius 2 is 0.571 bits per heavy atom. The van der Waals surface area contributed by atoms with E-state index in [-0.39, 0.29) is 0 Å². The zero-order valence-corrected chi connectivity index (χ0v) is 13.6. The van der Waals surface area contributed by atoms with Crippen LogP contribution in [0.4, 0.5) is 0 Å². The first kappa shape index (κ1) is 17.8. The van der Waals surface area contributed by atoms with Crippen LogP contribution in [0.2, 0.25) is 0 Å². The van der Waals surface area contributed by atoms with Crippen molar-refractivity contribution in [1.82, 2.24) is 0 Å². The van der Waals surface area contributed by atoms with E-state index in [1.807, 2.05) is 0 Å². The molecule has 1 rings (SSSR count). The van der Waals surface area contributed by atoms with Gasteiger partial charge in [0.05, 0.1) is 0 Å². The highest BCUT2D eigenvalue weighted by molar-refractivity contribution is 5.17. The highest BCUT2D eigenvalue weighted by Gasteiger charge is 1.92. The van der Waals surface area contributed by atoms with Gasteiger partial charge in [-0.3, -0.25) is 0 Å². The van der Waals surface area contributed by atoms with Crippen LogP contribution in [-0.4, -0.2) is 0 Å². The average Bonchev–Trinajstić information content (AvgIpc) is 2.50. The molecule has 0 aromatic heterocycles. The molecule has 0 saturated heterocycles. The van der Waals surface area contributed by atoms with Gasteiger partial charge >= 0.3 is 0 Å². The van der Waals surface area contributed by atoms with E-state index in [9.17, 15) is 0 Å². The number of rotatable bonds is 0. The van der Waals surface area contributed by atoms with E-state index in [1.54, 1.807) is 0 Å². The van der Waals surface area contributed by atoms with Crippen LogP contribution in [-0.2, 0) is 0 Å². The van der Waals surface area contributed by atoms with E-state index in [0.29, 0.717) is 0 Å². The molecule has 0 aromatic carbocycles. The van der Waals surface area contributed by atoms with Crippen molar-refractivity contribution < 1.29 is 0 Å². The molecule has 0 heteroatoms. The zero-order valence-electron chi connectivity index (χ0n) is 13.6. The van der Waals surface area contributed by atoms with Crippen molar-refractivity contribution in [3.05, 3.63) is 60.8 Å². The van der Waals surface area contributed by atoms with Crippen LogP contribution in [0.3, 0.4) is 0 Å². The Morgan fingerprint density at radius 1 is 0.286 bits per heavy atom. The van der Waals surface area contributed by atoms with Crippen LogP contribution in [0.15, 0.2) is 60.8 Å². The summed E-state index contributed by atoms with van der Waals surface area (Å²) in [5.74, 6) is 0.